The van der Waals surface area contributed by atoms with Gasteiger partial charge in [-0.15, -0.1) is 0 Å². The number of urea groups is 1. The van der Waals surface area contributed by atoms with Gasteiger partial charge in [-0.1, -0.05) is 20.8 Å². The molecule has 6 nitrogen and oxygen atoms in total. The highest BCUT2D eigenvalue weighted by Crippen LogP contribution is 2.19. The number of carbonyl (C=O) groups is 2. The van der Waals surface area contributed by atoms with E-state index in [-0.39, 0.29) is 6.03 Å². The number of hydrogen-bond donors (Lipinski definition) is 2. The molecule has 0 fully saturated rings. The van der Waals surface area contributed by atoms with Gasteiger partial charge in [0, 0.05) is 20.2 Å². The molecule has 1 atom stereocenters. The summed E-state index contributed by atoms with van der Waals surface area (Å²) in [6, 6.07) is -1.29. The number of methoxy groups -OCH3 is 1. The number of aliphatic carboxylic acids is 1. The Morgan fingerprint density at radius 2 is 1.94 bits per heavy atom. The van der Waals surface area contributed by atoms with Gasteiger partial charge < -0.3 is 20.1 Å². The second-order valence-corrected chi connectivity index (χ2v) is 5.16. The number of carbonyl (C=O) groups excluding carboxylic acids is 1. The lowest BCUT2D eigenvalue weighted by molar-refractivity contribution is -0.142. The van der Waals surface area contributed by atoms with Crippen molar-refractivity contribution in [3.63, 3.8) is 0 Å². The number of carboxylic acid groups (broad SMARTS) is 1. The predicted molar refractivity (Wildman–Crippen MR) is 68.5 cm³/mol. The quantitative estimate of drug-likeness (QED) is 0.751. The second-order valence-electron chi connectivity index (χ2n) is 5.16. The van der Waals surface area contributed by atoms with Crippen molar-refractivity contribution >= 4 is 12.0 Å². The van der Waals surface area contributed by atoms with Crippen LogP contribution in [-0.2, 0) is 9.53 Å². The molecule has 0 aliphatic heterocycles. The van der Waals surface area contributed by atoms with Gasteiger partial charge in [-0.2, -0.15) is 0 Å². The van der Waals surface area contributed by atoms with Gasteiger partial charge in [0.1, 0.15) is 6.04 Å². The molecule has 0 bridgehead atoms. The van der Waals surface area contributed by atoms with Gasteiger partial charge in [0.25, 0.3) is 0 Å². The lowest BCUT2D eigenvalue weighted by Gasteiger charge is -2.30. The van der Waals surface area contributed by atoms with E-state index in [1.165, 1.54) is 4.90 Å². The first-order valence-electron chi connectivity index (χ1n) is 6.01. The van der Waals surface area contributed by atoms with Gasteiger partial charge in [-0.25, -0.2) is 9.59 Å². The molecule has 0 rings (SSSR count). The summed E-state index contributed by atoms with van der Waals surface area (Å²) < 4.78 is 4.91. The van der Waals surface area contributed by atoms with Crippen molar-refractivity contribution in [1.29, 1.82) is 0 Å². The molecule has 0 aliphatic rings. The minimum atomic E-state index is -1.03. The van der Waals surface area contributed by atoms with Crippen LogP contribution < -0.4 is 5.32 Å². The van der Waals surface area contributed by atoms with Gasteiger partial charge in [0.05, 0.1) is 6.61 Å². The van der Waals surface area contributed by atoms with Gasteiger partial charge in [-0.3, -0.25) is 0 Å². The summed E-state index contributed by atoms with van der Waals surface area (Å²) >= 11 is 0. The highest BCUT2D eigenvalue weighted by atomic mass is 16.5. The summed E-state index contributed by atoms with van der Waals surface area (Å²) in [5.41, 5.74) is -0.540. The Morgan fingerprint density at radius 3 is 2.28 bits per heavy atom. The summed E-state index contributed by atoms with van der Waals surface area (Å²) in [7, 11) is 1.56. The summed E-state index contributed by atoms with van der Waals surface area (Å²) in [5, 5.41) is 11.7. The molecule has 0 saturated heterocycles. The van der Waals surface area contributed by atoms with E-state index < -0.39 is 17.4 Å². The van der Waals surface area contributed by atoms with Crippen LogP contribution in [0.15, 0.2) is 0 Å². The number of nitrogens with one attached hydrogen (secondary N) is 1. The maximum Gasteiger partial charge on any atom is 0.326 e. The van der Waals surface area contributed by atoms with Crippen molar-refractivity contribution in [3.8, 4) is 0 Å². The fourth-order valence-electron chi connectivity index (χ4n) is 1.47. The molecule has 0 aromatic carbocycles. The lowest BCUT2D eigenvalue weighted by atomic mass is 9.87. The number of hydrogen-bond acceptors (Lipinski definition) is 3. The van der Waals surface area contributed by atoms with Crippen LogP contribution in [0, 0.1) is 5.41 Å². The topological polar surface area (TPSA) is 78.9 Å². The molecule has 0 aliphatic carbocycles. The Hall–Kier alpha value is -1.30. The summed E-state index contributed by atoms with van der Waals surface area (Å²) in [6.45, 7) is 8.53. The van der Waals surface area contributed by atoms with Crippen molar-refractivity contribution in [2.45, 2.75) is 33.7 Å². The molecule has 18 heavy (non-hydrogen) atoms. The SMILES string of the molecule is CCN(CCOC)C(=O)NC(C(=O)O)C(C)(C)C. The Morgan fingerprint density at radius 1 is 1.39 bits per heavy atom. The van der Waals surface area contributed by atoms with E-state index >= 15 is 0 Å². The number of carboxylic acids is 1. The third-order valence-corrected chi connectivity index (χ3v) is 2.62. The van der Waals surface area contributed by atoms with Crippen LogP contribution in [0.25, 0.3) is 0 Å². The molecule has 0 heterocycles. The highest BCUT2D eigenvalue weighted by molar-refractivity contribution is 5.83. The van der Waals surface area contributed by atoms with E-state index in [4.69, 9.17) is 9.84 Å². The van der Waals surface area contributed by atoms with E-state index in [1.807, 2.05) is 6.92 Å². The zero-order valence-corrected chi connectivity index (χ0v) is 11.8. The van der Waals surface area contributed by atoms with Gasteiger partial charge in [-0.05, 0) is 12.3 Å². The van der Waals surface area contributed by atoms with Crippen LogP contribution >= 0.6 is 0 Å². The number of amides is 2. The van der Waals surface area contributed by atoms with E-state index in [0.29, 0.717) is 19.7 Å². The van der Waals surface area contributed by atoms with Gasteiger partial charge in [0.2, 0.25) is 0 Å². The smallest absolute Gasteiger partial charge is 0.326 e. The Balaban J connectivity index is 4.62. The molecular weight excluding hydrogens is 236 g/mol. The minimum absolute atomic E-state index is 0.378. The summed E-state index contributed by atoms with van der Waals surface area (Å²) in [6.07, 6.45) is 0. The fourth-order valence-corrected chi connectivity index (χ4v) is 1.47. The van der Waals surface area contributed by atoms with Crippen molar-refractivity contribution in [2.24, 2.45) is 5.41 Å². The molecule has 0 aromatic rings. The molecular formula is C12H24N2O4. The standard InChI is InChI=1S/C12H24N2O4/c1-6-14(7-8-18-5)11(17)13-9(10(15)16)12(2,3)4/h9H,6-8H2,1-5H3,(H,13,17)(H,15,16). The van der Waals surface area contributed by atoms with E-state index in [9.17, 15) is 9.59 Å². The van der Waals surface area contributed by atoms with Gasteiger partial charge >= 0.3 is 12.0 Å². The van der Waals surface area contributed by atoms with Crippen LogP contribution in [-0.4, -0.2) is 54.9 Å². The number of rotatable bonds is 6. The van der Waals surface area contributed by atoms with Crippen LogP contribution in [0.1, 0.15) is 27.7 Å². The molecule has 106 valence electrons. The number of nitrogens with zero attached hydrogens (tertiary/aromatic N) is 1. The van der Waals surface area contributed by atoms with E-state index in [2.05, 4.69) is 5.32 Å². The lowest BCUT2D eigenvalue weighted by Crippen LogP contribution is -2.53. The first-order chi connectivity index (χ1) is 8.23. The molecule has 2 amide bonds. The zero-order valence-electron chi connectivity index (χ0n) is 11.8. The maximum atomic E-state index is 11.9. The van der Waals surface area contributed by atoms with Crippen LogP contribution in [0.2, 0.25) is 0 Å². The van der Waals surface area contributed by atoms with Gasteiger partial charge in [0.15, 0.2) is 0 Å². The average Bonchev–Trinajstić information content (AvgIpc) is 2.24. The van der Waals surface area contributed by atoms with Crippen LogP contribution in [0.5, 0.6) is 0 Å². The predicted octanol–water partition coefficient (Wildman–Crippen LogP) is 1.16. The molecule has 2 N–H and O–H groups in total. The third kappa shape index (κ3) is 5.35. The molecule has 1 unspecified atom stereocenters. The third-order valence-electron chi connectivity index (χ3n) is 2.62. The van der Waals surface area contributed by atoms with E-state index in [1.54, 1.807) is 27.9 Å². The normalized spacial score (nSPS) is 12.9. The van der Waals surface area contributed by atoms with Crippen molar-refractivity contribution in [2.75, 3.05) is 26.8 Å². The number of ether oxygens (including phenoxy) is 1. The van der Waals surface area contributed by atoms with Crippen molar-refractivity contribution in [3.05, 3.63) is 0 Å². The molecule has 0 aromatic heterocycles. The first-order valence-corrected chi connectivity index (χ1v) is 6.01. The molecule has 0 radical (unpaired) electrons. The molecule has 0 spiro atoms. The summed E-state index contributed by atoms with van der Waals surface area (Å²) in [5.74, 6) is -1.03. The number of likely N-dealkylation sites (N-methyl/N-ethyl adjacent to an activating group) is 1. The average molecular weight is 260 g/mol. The van der Waals surface area contributed by atoms with Crippen LogP contribution in [0.3, 0.4) is 0 Å². The Kier molecular flexibility index (Phi) is 6.68. The highest BCUT2D eigenvalue weighted by Gasteiger charge is 2.33. The second kappa shape index (κ2) is 7.20. The van der Waals surface area contributed by atoms with Crippen molar-refractivity contribution < 1.29 is 19.4 Å². The molecule has 0 saturated carbocycles. The summed E-state index contributed by atoms with van der Waals surface area (Å²) in [4.78, 5) is 24.6. The van der Waals surface area contributed by atoms with Crippen molar-refractivity contribution in [1.82, 2.24) is 10.2 Å². The minimum Gasteiger partial charge on any atom is -0.480 e. The monoisotopic (exact) mass is 260 g/mol. The Labute approximate surface area is 108 Å². The largest absolute Gasteiger partial charge is 0.480 e. The zero-order chi connectivity index (χ0) is 14.3. The fraction of sp³-hybridized carbons (Fsp3) is 0.833. The Bertz CT molecular complexity index is 286. The first kappa shape index (κ1) is 16.7. The van der Waals surface area contributed by atoms with Crippen LogP contribution in [0.4, 0.5) is 4.79 Å². The molecule has 6 heteroatoms. The van der Waals surface area contributed by atoms with E-state index in [0.717, 1.165) is 0 Å². The maximum absolute atomic E-state index is 11.9.